The Hall–Kier alpha value is -1.94. The first-order valence-electron chi connectivity index (χ1n) is 5.41. The topological polar surface area (TPSA) is 47.7 Å². The Kier molecular flexibility index (Phi) is 2.30. The van der Waals surface area contributed by atoms with Gasteiger partial charge in [-0.25, -0.2) is 5.21 Å². The normalized spacial score (nSPS) is 13.1. The first kappa shape index (κ1) is 10.2. The maximum atomic E-state index is 11.4. The number of quaternary nitrogens is 1. The largest absolute Gasteiger partial charge is 0.595 e. The third-order valence-electron chi connectivity index (χ3n) is 2.99. The Morgan fingerprint density at radius 2 is 1.29 bits per heavy atom. The summed E-state index contributed by atoms with van der Waals surface area (Å²) in [5, 5.41) is 23.4. The average molecular weight is 225 g/mol. The SMILES string of the molecule is [O-][NH+](O)c1c2ccccc2cc2ccccc12. The van der Waals surface area contributed by atoms with Crippen LogP contribution in [0.5, 0.6) is 0 Å². The predicted molar refractivity (Wildman–Crippen MR) is 67.2 cm³/mol. The highest BCUT2D eigenvalue weighted by Crippen LogP contribution is 2.29. The van der Waals surface area contributed by atoms with Crippen LogP contribution in [-0.2, 0) is 0 Å². The maximum absolute atomic E-state index is 11.4. The van der Waals surface area contributed by atoms with Gasteiger partial charge in [-0.2, -0.15) is 5.23 Å². The van der Waals surface area contributed by atoms with Crippen LogP contribution < -0.4 is 5.23 Å². The van der Waals surface area contributed by atoms with Gasteiger partial charge in [0.05, 0.1) is 0 Å². The molecular formula is C14H11NO2. The predicted octanol–water partition coefficient (Wildman–Crippen LogP) is 2.40. The summed E-state index contributed by atoms with van der Waals surface area (Å²) in [5.74, 6) is 0. The van der Waals surface area contributed by atoms with Gasteiger partial charge in [0.1, 0.15) is 0 Å². The zero-order chi connectivity index (χ0) is 11.8. The van der Waals surface area contributed by atoms with Crippen molar-refractivity contribution in [2.75, 3.05) is 0 Å². The lowest BCUT2D eigenvalue weighted by Gasteiger charge is -2.16. The lowest BCUT2D eigenvalue weighted by Crippen LogP contribution is -2.99. The van der Waals surface area contributed by atoms with Crippen molar-refractivity contribution < 1.29 is 10.4 Å². The molecular weight excluding hydrogens is 214 g/mol. The molecule has 0 bridgehead atoms. The van der Waals surface area contributed by atoms with E-state index in [1.165, 1.54) is 0 Å². The van der Waals surface area contributed by atoms with Crippen LogP contribution >= 0.6 is 0 Å². The molecule has 3 heteroatoms. The van der Waals surface area contributed by atoms with Crippen molar-refractivity contribution in [2.24, 2.45) is 0 Å². The van der Waals surface area contributed by atoms with Crippen LogP contribution in [0.4, 0.5) is 5.69 Å². The van der Waals surface area contributed by atoms with E-state index in [1.807, 2.05) is 54.6 Å². The van der Waals surface area contributed by atoms with Gasteiger partial charge in [0, 0.05) is 10.8 Å². The maximum Gasteiger partial charge on any atom is 0.179 e. The quantitative estimate of drug-likeness (QED) is 0.493. The fraction of sp³-hybridized carbons (Fsp3) is 0. The molecule has 0 aromatic heterocycles. The zero-order valence-electron chi connectivity index (χ0n) is 9.05. The van der Waals surface area contributed by atoms with Gasteiger partial charge >= 0.3 is 0 Å². The third kappa shape index (κ3) is 1.57. The highest BCUT2D eigenvalue weighted by molar-refractivity contribution is 6.07. The van der Waals surface area contributed by atoms with Crippen LogP contribution in [0, 0.1) is 5.21 Å². The molecule has 3 aromatic carbocycles. The van der Waals surface area contributed by atoms with E-state index in [-0.39, 0.29) is 0 Å². The van der Waals surface area contributed by atoms with Gasteiger partial charge in [0.2, 0.25) is 0 Å². The van der Waals surface area contributed by atoms with Crippen LogP contribution in [-0.4, -0.2) is 5.21 Å². The Morgan fingerprint density at radius 3 is 1.76 bits per heavy atom. The first-order valence-corrected chi connectivity index (χ1v) is 5.41. The van der Waals surface area contributed by atoms with Crippen LogP contribution in [0.3, 0.4) is 0 Å². The fourth-order valence-electron chi connectivity index (χ4n) is 2.24. The summed E-state index contributed by atoms with van der Waals surface area (Å²) >= 11 is 0. The van der Waals surface area contributed by atoms with Crippen LogP contribution in [0.15, 0.2) is 54.6 Å². The van der Waals surface area contributed by atoms with Gasteiger partial charge in [0.25, 0.3) is 0 Å². The van der Waals surface area contributed by atoms with E-state index in [0.717, 1.165) is 21.5 Å². The van der Waals surface area contributed by atoms with Gasteiger partial charge in [-0.3, -0.25) is 0 Å². The number of rotatable bonds is 1. The van der Waals surface area contributed by atoms with Crippen molar-refractivity contribution in [1.82, 2.24) is 0 Å². The molecule has 3 nitrogen and oxygen atoms in total. The minimum Gasteiger partial charge on any atom is -0.595 e. The third-order valence-corrected chi connectivity index (χ3v) is 2.99. The number of hydrogen-bond donors (Lipinski definition) is 2. The summed E-state index contributed by atoms with van der Waals surface area (Å²) in [6.45, 7) is 0. The lowest BCUT2D eigenvalue weighted by atomic mass is 10.0. The minimum absolute atomic E-state index is 0.388. The van der Waals surface area contributed by atoms with Gasteiger partial charge < -0.3 is 5.21 Å². The molecule has 0 saturated heterocycles. The molecule has 0 spiro atoms. The van der Waals surface area contributed by atoms with E-state index in [9.17, 15) is 10.4 Å². The minimum atomic E-state index is -0.877. The summed E-state index contributed by atoms with van der Waals surface area (Å²) < 4.78 is 0. The molecule has 0 aliphatic carbocycles. The Bertz CT molecular complexity index is 638. The molecule has 2 N–H and O–H groups in total. The summed E-state index contributed by atoms with van der Waals surface area (Å²) in [6, 6.07) is 17.2. The van der Waals surface area contributed by atoms with Gasteiger partial charge in [-0.1, -0.05) is 36.4 Å². The molecule has 0 amide bonds. The van der Waals surface area contributed by atoms with Crippen LogP contribution in [0.25, 0.3) is 21.5 Å². The van der Waals surface area contributed by atoms with E-state index >= 15 is 0 Å². The molecule has 0 aliphatic heterocycles. The van der Waals surface area contributed by atoms with Crippen molar-refractivity contribution in [3.8, 4) is 0 Å². The van der Waals surface area contributed by atoms with Crippen molar-refractivity contribution in [2.45, 2.75) is 0 Å². The van der Waals surface area contributed by atoms with E-state index in [4.69, 9.17) is 0 Å². The monoisotopic (exact) mass is 225 g/mol. The molecule has 0 heterocycles. The Morgan fingerprint density at radius 1 is 0.824 bits per heavy atom. The molecule has 17 heavy (non-hydrogen) atoms. The standard InChI is InChI=1S/C14H11NO2/c16-15(17)14-12-7-3-1-5-10(12)9-11-6-2-4-8-13(11)14/h1-9,15-16H. The second-order valence-corrected chi connectivity index (χ2v) is 4.00. The molecule has 1 unspecified atom stereocenters. The average Bonchev–Trinajstić information content (AvgIpc) is 2.35. The molecule has 3 rings (SSSR count). The molecule has 0 radical (unpaired) electrons. The zero-order valence-corrected chi connectivity index (χ0v) is 9.05. The van der Waals surface area contributed by atoms with Gasteiger partial charge in [0.15, 0.2) is 5.69 Å². The highest BCUT2D eigenvalue weighted by atomic mass is 16.8. The van der Waals surface area contributed by atoms with Crippen LogP contribution in [0.1, 0.15) is 0 Å². The first-order chi connectivity index (χ1) is 8.27. The summed E-state index contributed by atoms with van der Waals surface area (Å²) in [6.07, 6.45) is 0. The number of fused-ring (bicyclic) bond motifs is 2. The fourth-order valence-corrected chi connectivity index (χ4v) is 2.24. The summed E-state index contributed by atoms with van der Waals surface area (Å²) in [4.78, 5) is 0. The second-order valence-electron chi connectivity index (χ2n) is 4.00. The Labute approximate surface area is 98.1 Å². The van der Waals surface area contributed by atoms with Gasteiger partial charge in [-0.05, 0) is 29.0 Å². The summed E-state index contributed by atoms with van der Waals surface area (Å²) in [5.41, 5.74) is 0.388. The molecule has 84 valence electrons. The number of hydrogen-bond acceptors (Lipinski definition) is 2. The molecule has 0 fully saturated rings. The van der Waals surface area contributed by atoms with Crippen molar-refractivity contribution in [1.29, 1.82) is 0 Å². The van der Waals surface area contributed by atoms with Crippen molar-refractivity contribution in [3.63, 3.8) is 0 Å². The van der Waals surface area contributed by atoms with Crippen LogP contribution in [0.2, 0.25) is 0 Å². The molecule has 1 atom stereocenters. The van der Waals surface area contributed by atoms with E-state index in [2.05, 4.69) is 0 Å². The number of benzene rings is 3. The molecule has 3 aromatic rings. The van der Waals surface area contributed by atoms with E-state index < -0.39 is 5.23 Å². The van der Waals surface area contributed by atoms with Crippen molar-refractivity contribution >= 4 is 27.2 Å². The van der Waals surface area contributed by atoms with Gasteiger partial charge in [-0.15, -0.1) is 0 Å². The number of nitrogens with one attached hydrogen (secondary N) is 1. The van der Waals surface area contributed by atoms with Crippen molar-refractivity contribution in [3.05, 3.63) is 59.8 Å². The lowest BCUT2D eigenvalue weighted by molar-refractivity contribution is -0.989. The molecule has 0 aliphatic rings. The Balaban J connectivity index is 2.56. The highest BCUT2D eigenvalue weighted by Gasteiger charge is 2.12. The van der Waals surface area contributed by atoms with E-state index in [0.29, 0.717) is 5.69 Å². The summed E-state index contributed by atoms with van der Waals surface area (Å²) in [7, 11) is 0. The second kappa shape index (κ2) is 3.82. The smallest absolute Gasteiger partial charge is 0.179 e. The van der Waals surface area contributed by atoms with E-state index in [1.54, 1.807) is 0 Å². The molecule has 0 saturated carbocycles.